The molecule has 2 heterocycles. The SMILES string of the molecule is CC(=O)Nc1ccc(-c2csc(NC(=O)c3cc[n+]([O-])cc3)n2)cc1. The van der Waals surface area contributed by atoms with Gasteiger partial charge in [-0.3, -0.25) is 14.9 Å². The van der Waals surface area contributed by atoms with Crippen molar-refractivity contribution < 1.29 is 14.3 Å². The van der Waals surface area contributed by atoms with Gasteiger partial charge in [-0.15, -0.1) is 11.3 Å². The highest BCUT2D eigenvalue weighted by Gasteiger charge is 2.11. The summed E-state index contributed by atoms with van der Waals surface area (Å²) in [5.74, 6) is -0.461. The van der Waals surface area contributed by atoms with Crippen LogP contribution in [0.15, 0.2) is 54.2 Å². The van der Waals surface area contributed by atoms with Crippen molar-refractivity contribution in [3.63, 3.8) is 0 Å². The quantitative estimate of drug-likeness (QED) is 0.556. The predicted octanol–water partition coefficient (Wildman–Crippen LogP) is 2.65. The molecule has 2 amide bonds. The third-order valence-corrected chi connectivity index (χ3v) is 4.05. The lowest BCUT2D eigenvalue weighted by atomic mass is 10.1. The second-order valence-corrected chi connectivity index (χ2v) is 6.06. The average Bonchev–Trinajstić information content (AvgIpc) is 3.04. The number of benzene rings is 1. The van der Waals surface area contributed by atoms with Gasteiger partial charge in [-0.2, -0.15) is 4.73 Å². The van der Waals surface area contributed by atoms with Gasteiger partial charge in [0.15, 0.2) is 17.5 Å². The molecule has 2 N–H and O–H groups in total. The van der Waals surface area contributed by atoms with Gasteiger partial charge in [0.1, 0.15) is 0 Å². The summed E-state index contributed by atoms with van der Waals surface area (Å²) in [6, 6.07) is 10.1. The molecule has 0 fully saturated rings. The molecule has 0 aliphatic heterocycles. The molecule has 1 aromatic carbocycles. The number of nitrogens with zero attached hydrogens (tertiary/aromatic N) is 2. The first-order chi connectivity index (χ1) is 12.0. The highest BCUT2D eigenvalue weighted by atomic mass is 32.1. The summed E-state index contributed by atoms with van der Waals surface area (Å²) in [4.78, 5) is 27.5. The van der Waals surface area contributed by atoms with Crippen LogP contribution in [0.5, 0.6) is 0 Å². The summed E-state index contributed by atoms with van der Waals surface area (Å²) in [7, 11) is 0. The van der Waals surface area contributed by atoms with Crippen LogP contribution in [0.4, 0.5) is 10.8 Å². The van der Waals surface area contributed by atoms with Gasteiger partial charge in [0.05, 0.1) is 11.3 Å². The molecular weight excluding hydrogens is 340 g/mol. The number of aromatic nitrogens is 2. The fourth-order valence-electron chi connectivity index (χ4n) is 2.12. The zero-order chi connectivity index (χ0) is 17.8. The number of hydrogen-bond acceptors (Lipinski definition) is 5. The Hall–Kier alpha value is -3.26. The van der Waals surface area contributed by atoms with Crippen LogP contribution in [0.25, 0.3) is 11.3 Å². The Bertz CT molecular complexity index is 904. The Morgan fingerprint density at radius 1 is 1.08 bits per heavy atom. The average molecular weight is 354 g/mol. The summed E-state index contributed by atoms with van der Waals surface area (Å²) in [6.07, 6.45) is 2.53. The van der Waals surface area contributed by atoms with E-state index in [9.17, 15) is 14.8 Å². The standard InChI is InChI=1S/C17H14N4O3S/c1-11(22)18-14-4-2-12(3-5-14)15-10-25-17(19-15)20-16(23)13-6-8-21(24)9-7-13/h2-10H,1H3,(H,18,22)(H,19,20,23). The molecule has 7 nitrogen and oxygen atoms in total. The maximum absolute atomic E-state index is 12.1. The molecule has 126 valence electrons. The fraction of sp³-hybridized carbons (Fsp3) is 0.0588. The number of nitrogens with one attached hydrogen (secondary N) is 2. The van der Waals surface area contributed by atoms with Crippen molar-refractivity contribution in [2.45, 2.75) is 6.92 Å². The first-order valence-corrected chi connectivity index (χ1v) is 8.23. The van der Waals surface area contributed by atoms with E-state index in [1.165, 1.54) is 42.8 Å². The Labute approximate surface area is 147 Å². The van der Waals surface area contributed by atoms with Crippen molar-refractivity contribution in [1.29, 1.82) is 0 Å². The molecule has 0 unspecified atom stereocenters. The van der Waals surface area contributed by atoms with Crippen molar-refractivity contribution in [3.05, 3.63) is 64.9 Å². The van der Waals surface area contributed by atoms with Crippen LogP contribution >= 0.6 is 11.3 Å². The van der Waals surface area contributed by atoms with Gasteiger partial charge in [-0.1, -0.05) is 12.1 Å². The first-order valence-electron chi connectivity index (χ1n) is 7.35. The van der Waals surface area contributed by atoms with Crippen molar-refractivity contribution in [2.24, 2.45) is 0 Å². The Morgan fingerprint density at radius 2 is 1.76 bits per heavy atom. The van der Waals surface area contributed by atoms with E-state index < -0.39 is 0 Å². The molecule has 25 heavy (non-hydrogen) atoms. The van der Waals surface area contributed by atoms with Crippen molar-refractivity contribution in [2.75, 3.05) is 10.6 Å². The van der Waals surface area contributed by atoms with E-state index in [-0.39, 0.29) is 11.8 Å². The number of hydrogen-bond donors (Lipinski definition) is 2. The van der Waals surface area contributed by atoms with Crippen LogP contribution < -0.4 is 15.4 Å². The molecule has 0 radical (unpaired) electrons. The molecule has 3 rings (SSSR count). The Morgan fingerprint density at radius 3 is 2.40 bits per heavy atom. The third-order valence-electron chi connectivity index (χ3n) is 3.29. The molecule has 3 aromatic rings. The molecule has 0 aliphatic rings. The summed E-state index contributed by atoms with van der Waals surface area (Å²) >= 11 is 1.31. The van der Waals surface area contributed by atoms with Crippen LogP contribution in [-0.4, -0.2) is 16.8 Å². The molecule has 0 spiro atoms. The first kappa shape index (κ1) is 16.6. The van der Waals surface area contributed by atoms with Gasteiger partial charge in [0.2, 0.25) is 5.91 Å². The molecule has 0 atom stereocenters. The van der Waals surface area contributed by atoms with E-state index in [4.69, 9.17) is 0 Å². The maximum atomic E-state index is 12.1. The van der Waals surface area contributed by atoms with E-state index in [2.05, 4.69) is 15.6 Å². The van der Waals surface area contributed by atoms with Crippen molar-refractivity contribution in [3.8, 4) is 11.3 Å². The van der Waals surface area contributed by atoms with Crippen LogP contribution in [-0.2, 0) is 4.79 Å². The largest absolute Gasteiger partial charge is 0.619 e. The lowest BCUT2D eigenvalue weighted by Gasteiger charge is -2.03. The van der Waals surface area contributed by atoms with Crippen LogP contribution in [0.1, 0.15) is 17.3 Å². The van der Waals surface area contributed by atoms with Crippen LogP contribution in [0.2, 0.25) is 0 Å². The minimum atomic E-state index is -0.331. The van der Waals surface area contributed by atoms with E-state index in [1.54, 1.807) is 12.1 Å². The van der Waals surface area contributed by atoms with E-state index in [0.717, 1.165) is 11.3 Å². The summed E-state index contributed by atoms with van der Waals surface area (Å²) in [5.41, 5.74) is 2.68. The second-order valence-electron chi connectivity index (χ2n) is 5.20. The zero-order valence-corrected chi connectivity index (χ0v) is 14.0. The summed E-state index contributed by atoms with van der Waals surface area (Å²) < 4.78 is 0.614. The highest BCUT2D eigenvalue weighted by molar-refractivity contribution is 7.14. The van der Waals surface area contributed by atoms with Crippen molar-refractivity contribution in [1.82, 2.24) is 4.98 Å². The number of rotatable bonds is 4. The number of thiazole rings is 1. The lowest BCUT2D eigenvalue weighted by Crippen LogP contribution is -2.25. The predicted molar refractivity (Wildman–Crippen MR) is 95.2 cm³/mol. The molecule has 2 aromatic heterocycles. The molecule has 0 saturated heterocycles. The molecule has 0 aliphatic carbocycles. The number of carbonyl (C=O) groups excluding carboxylic acids is 2. The fourth-order valence-corrected chi connectivity index (χ4v) is 2.84. The lowest BCUT2D eigenvalue weighted by molar-refractivity contribution is -0.605. The normalized spacial score (nSPS) is 10.3. The molecule has 0 bridgehead atoms. The topological polar surface area (TPSA) is 98.0 Å². The third kappa shape index (κ3) is 4.18. The number of amides is 2. The Kier molecular flexibility index (Phi) is 4.71. The second kappa shape index (κ2) is 7.10. The maximum Gasteiger partial charge on any atom is 0.257 e. The van der Waals surface area contributed by atoms with Gasteiger partial charge in [-0.25, -0.2) is 4.98 Å². The van der Waals surface area contributed by atoms with E-state index in [0.29, 0.717) is 21.1 Å². The monoisotopic (exact) mass is 354 g/mol. The summed E-state index contributed by atoms with van der Waals surface area (Å²) in [5, 5.41) is 18.7. The zero-order valence-electron chi connectivity index (χ0n) is 13.2. The van der Waals surface area contributed by atoms with Gasteiger partial charge in [0.25, 0.3) is 5.91 Å². The molecule has 0 saturated carbocycles. The minimum absolute atomic E-state index is 0.130. The van der Waals surface area contributed by atoms with Crippen LogP contribution in [0, 0.1) is 5.21 Å². The molecule has 8 heteroatoms. The van der Waals surface area contributed by atoms with Gasteiger partial charge in [-0.05, 0) is 12.1 Å². The van der Waals surface area contributed by atoms with E-state index >= 15 is 0 Å². The van der Waals surface area contributed by atoms with Crippen molar-refractivity contribution >= 4 is 34.0 Å². The Balaban J connectivity index is 1.70. The van der Waals surface area contributed by atoms with E-state index in [1.807, 2.05) is 17.5 Å². The summed E-state index contributed by atoms with van der Waals surface area (Å²) in [6.45, 7) is 1.45. The van der Waals surface area contributed by atoms with Gasteiger partial charge >= 0.3 is 0 Å². The smallest absolute Gasteiger partial charge is 0.257 e. The minimum Gasteiger partial charge on any atom is -0.619 e. The highest BCUT2D eigenvalue weighted by Crippen LogP contribution is 2.26. The number of carbonyl (C=O) groups is 2. The van der Waals surface area contributed by atoms with Gasteiger partial charge < -0.3 is 10.5 Å². The molecular formula is C17H14N4O3S. The number of pyridine rings is 1. The van der Waals surface area contributed by atoms with Crippen LogP contribution in [0.3, 0.4) is 0 Å². The number of anilines is 2. The van der Waals surface area contributed by atoms with Gasteiger partial charge in [0, 0.05) is 35.7 Å².